The van der Waals surface area contributed by atoms with Crippen molar-refractivity contribution in [3.8, 4) is 0 Å². The first-order valence-electron chi connectivity index (χ1n) is 7.35. The van der Waals surface area contributed by atoms with Crippen LogP contribution < -0.4 is 10.2 Å². The molecule has 1 aromatic carbocycles. The van der Waals surface area contributed by atoms with Crippen LogP contribution in [0.2, 0.25) is 0 Å². The molecule has 0 aromatic heterocycles. The Morgan fingerprint density at radius 1 is 1.21 bits per heavy atom. The van der Waals surface area contributed by atoms with Gasteiger partial charge >= 0.3 is 0 Å². The molecule has 0 amide bonds. The second-order valence-electron chi connectivity index (χ2n) is 7.60. The van der Waals surface area contributed by atoms with Gasteiger partial charge in [0.1, 0.15) is 0 Å². The highest BCUT2D eigenvalue weighted by Crippen LogP contribution is 2.28. The van der Waals surface area contributed by atoms with Gasteiger partial charge in [-0.2, -0.15) is 0 Å². The van der Waals surface area contributed by atoms with Crippen molar-refractivity contribution in [3.05, 3.63) is 29.8 Å². The van der Waals surface area contributed by atoms with Crippen molar-refractivity contribution in [1.29, 1.82) is 0 Å². The number of nitrogens with zero attached hydrogens (tertiary/aromatic N) is 1. The molecule has 19 heavy (non-hydrogen) atoms. The van der Waals surface area contributed by atoms with Gasteiger partial charge in [-0.05, 0) is 37.3 Å². The lowest BCUT2D eigenvalue weighted by atomic mass is 9.91. The van der Waals surface area contributed by atoms with E-state index in [1.165, 1.54) is 17.7 Å². The monoisotopic (exact) mass is 260 g/mol. The summed E-state index contributed by atoms with van der Waals surface area (Å²) in [5, 5.41) is 3.66. The summed E-state index contributed by atoms with van der Waals surface area (Å²) in [6.45, 7) is 14.7. The van der Waals surface area contributed by atoms with E-state index in [1.807, 2.05) is 0 Å². The van der Waals surface area contributed by atoms with E-state index in [2.05, 4.69) is 69.1 Å². The van der Waals surface area contributed by atoms with E-state index in [0.717, 1.165) is 19.6 Å². The Morgan fingerprint density at radius 3 is 2.58 bits per heavy atom. The number of benzene rings is 1. The zero-order chi connectivity index (χ0) is 14.1. The molecule has 0 aliphatic carbocycles. The molecule has 0 spiro atoms. The Hall–Kier alpha value is -1.02. The number of anilines is 1. The smallest absolute Gasteiger partial charge is 0.0412 e. The van der Waals surface area contributed by atoms with Gasteiger partial charge in [-0.1, -0.05) is 39.0 Å². The number of hydrogen-bond acceptors (Lipinski definition) is 2. The minimum atomic E-state index is 0.164. The van der Waals surface area contributed by atoms with Crippen LogP contribution in [-0.2, 0) is 6.54 Å². The quantitative estimate of drug-likeness (QED) is 0.870. The van der Waals surface area contributed by atoms with Crippen LogP contribution in [0, 0.1) is 5.41 Å². The molecule has 1 N–H and O–H groups in total. The normalized spacial score (nSPS) is 18.9. The van der Waals surface area contributed by atoms with Gasteiger partial charge < -0.3 is 10.2 Å². The molecule has 1 heterocycles. The van der Waals surface area contributed by atoms with Gasteiger partial charge in [0.15, 0.2) is 0 Å². The average molecular weight is 260 g/mol. The Kier molecular flexibility index (Phi) is 3.91. The van der Waals surface area contributed by atoms with Crippen molar-refractivity contribution in [2.45, 2.75) is 53.1 Å². The van der Waals surface area contributed by atoms with Crippen molar-refractivity contribution in [3.63, 3.8) is 0 Å². The van der Waals surface area contributed by atoms with Crippen molar-refractivity contribution < 1.29 is 0 Å². The van der Waals surface area contributed by atoms with Crippen LogP contribution in [0.5, 0.6) is 0 Å². The first kappa shape index (κ1) is 14.4. The Balaban J connectivity index is 2.22. The minimum absolute atomic E-state index is 0.164. The van der Waals surface area contributed by atoms with Crippen LogP contribution >= 0.6 is 0 Å². The maximum absolute atomic E-state index is 3.66. The summed E-state index contributed by atoms with van der Waals surface area (Å²) in [4.78, 5) is 2.56. The van der Waals surface area contributed by atoms with Crippen LogP contribution in [0.1, 0.15) is 46.6 Å². The molecule has 2 heteroatoms. The fourth-order valence-electron chi connectivity index (χ4n) is 2.59. The molecule has 0 saturated heterocycles. The third-order valence-electron chi connectivity index (χ3n) is 3.81. The molecule has 1 aliphatic heterocycles. The lowest BCUT2D eigenvalue weighted by molar-refractivity contribution is 0.358. The number of fused-ring (bicyclic) bond motifs is 1. The van der Waals surface area contributed by atoms with Gasteiger partial charge in [0.25, 0.3) is 0 Å². The maximum atomic E-state index is 3.66. The largest absolute Gasteiger partial charge is 0.369 e. The van der Waals surface area contributed by atoms with Gasteiger partial charge in [0, 0.05) is 30.9 Å². The summed E-state index contributed by atoms with van der Waals surface area (Å²) >= 11 is 0. The molecule has 1 aliphatic rings. The predicted octanol–water partition coefficient (Wildman–Crippen LogP) is 3.81. The molecule has 1 aromatic rings. The topological polar surface area (TPSA) is 15.3 Å². The molecule has 2 rings (SSSR count). The molecule has 0 unspecified atom stereocenters. The molecule has 0 radical (unpaired) electrons. The lowest BCUT2D eigenvalue weighted by Gasteiger charge is -2.34. The third-order valence-corrected chi connectivity index (χ3v) is 3.81. The van der Waals surface area contributed by atoms with Gasteiger partial charge in [-0.15, -0.1) is 0 Å². The highest BCUT2D eigenvalue weighted by Gasteiger charge is 2.27. The highest BCUT2D eigenvalue weighted by atomic mass is 15.2. The van der Waals surface area contributed by atoms with Gasteiger partial charge in [0.2, 0.25) is 0 Å². The second-order valence-corrected chi connectivity index (χ2v) is 7.60. The molecule has 0 fully saturated rings. The van der Waals surface area contributed by atoms with Gasteiger partial charge in [-0.3, -0.25) is 0 Å². The first-order valence-corrected chi connectivity index (χ1v) is 7.35. The SMILES string of the molecule is CC(C)(C)CCN1CC(C)(C)NCc2ccccc21. The predicted molar refractivity (Wildman–Crippen MR) is 83.6 cm³/mol. The average Bonchev–Trinajstić information content (AvgIpc) is 2.43. The fraction of sp³-hybridized carbons (Fsp3) is 0.647. The second kappa shape index (κ2) is 5.16. The molecule has 0 saturated carbocycles. The van der Waals surface area contributed by atoms with E-state index >= 15 is 0 Å². The zero-order valence-electron chi connectivity index (χ0n) is 13.1. The van der Waals surface area contributed by atoms with Gasteiger partial charge in [0.05, 0.1) is 0 Å². The van der Waals surface area contributed by atoms with Crippen LogP contribution in [0.25, 0.3) is 0 Å². The van der Waals surface area contributed by atoms with E-state index in [0.29, 0.717) is 5.41 Å². The highest BCUT2D eigenvalue weighted by molar-refractivity contribution is 5.55. The van der Waals surface area contributed by atoms with Crippen molar-refractivity contribution in [1.82, 2.24) is 5.32 Å². The van der Waals surface area contributed by atoms with E-state index < -0.39 is 0 Å². The summed E-state index contributed by atoms with van der Waals surface area (Å²) in [5.74, 6) is 0. The molecular formula is C17H28N2. The minimum Gasteiger partial charge on any atom is -0.369 e. The molecule has 106 valence electrons. The molecule has 2 nitrogen and oxygen atoms in total. The first-order chi connectivity index (χ1) is 8.77. The summed E-state index contributed by atoms with van der Waals surface area (Å²) in [7, 11) is 0. The van der Waals surface area contributed by atoms with E-state index in [-0.39, 0.29) is 5.54 Å². The summed E-state index contributed by atoms with van der Waals surface area (Å²) in [6, 6.07) is 8.80. The number of para-hydroxylation sites is 1. The zero-order valence-corrected chi connectivity index (χ0v) is 13.1. The Bertz CT molecular complexity index is 429. The standard InChI is InChI=1S/C17H28N2/c1-16(2,3)10-11-19-13-17(4,5)18-12-14-8-6-7-9-15(14)19/h6-9,18H,10-13H2,1-5H3. The fourth-order valence-corrected chi connectivity index (χ4v) is 2.59. The van der Waals surface area contributed by atoms with Crippen LogP contribution in [-0.4, -0.2) is 18.6 Å². The van der Waals surface area contributed by atoms with Gasteiger partial charge in [-0.25, -0.2) is 0 Å². The number of nitrogens with one attached hydrogen (secondary N) is 1. The van der Waals surface area contributed by atoms with Crippen molar-refractivity contribution in [2.75, 3.05) is 18.0 Å². The maximum Gasteiger partial charge on any atom is 0.0412 e. The van der Waals surface area contributed by atoms with E-state index in [4.69, 9.17) is 0 Å². The summed E-state index contributed by atoms with van der Waals surface area (Å²) in [5.41, 5.74) is 3.38. The molecule has 0 bridgehead atoms. The lowest BCUT2D eigenvalue weighted by Crippen LogP contribution is -2.47. The third kappa shape index (κ3) is 3.97. The Morgan fingerprint density at radius 2 is 1.89 bits per heavy atom. The van der Waals surface area contributed by atoms with Crippen molar-refractivity contribution >= 4 is 5.69 Å². The van der Waals surface area contributed by atoms with E-state index in [1.54, 1.807) is 0 Å². The van der Waals surface area contributed by atoms with Crippen LogP contribution in [0.3, 0.4) is 0 Å². The summed E-state index contributed by atoms with van der Waals surface area (Å²) in [6.07, 6.45) is 1.22. The van der Waals surface area contributed by atoms with Crippen molar-refractivity contribution in [2.24, 2.45) is 5.41 Å². The van der Waals surface area contributed by atoms with E-state index in [9.17, 15) is 0 Å². The molecule has 0 atom stereocenters. The summed E-state index contributed by atoms with van der Waals surface area (Å²) < 4.78 is 0. The number of hydrogen-bond donors (Lipinski definition) is 1. The van der Waals surface area contributed by atoms with Crippen LogP contribution in [0.15, 0.2) is 24.3 Å². The molecular weight excluding hydrogens is 232 g/mol. The van der Waals surface area contributed by atoms with Crippen LogP contribution in [0.4, 0.5) is 5.69 Å². The Labute approximate surface area is 118 Å². The number of rotatable bonds is 2.